The molecule has 0 radical (unpaired) electrons. The number of rotatable bonds is 4. The molecule has 2 aliphatic heterocycles. The van der Waals surface area contributed by atoms with Crippen molar-refractivity contribution in [2.45, 2.75) is 38.1 Å². The number of carbonyl (C=O) groups is 1. The van der Waals surface area contributed by atoms with Crippen LogP contribution in [0.25, 0.3) is 10.2 Å². The van der Waals surface area contributed by atoms with Crippen molar-refractivity contribution in [2.24, 2.45) is 10.9 Å². The Hall–Kier alpha value is -2.69. The Balaban J connectivity index is 1.34. The fourth-order valence-electron chi connectivity index (χ4n) is 4.24. The van der Waals surface area contributed by atoms with Crippen LogP contribution in [0.15, 0.2) is 46.3 Å². The second-order valence-corrected chi connectivity index (χ2v) is 11.2. The van der Waals surface area contributed by atoms with Crippen molar-refractivity contribution in [2.75, 3.05) is 19.9 Å². The molecule has 10 heteroatoms. The van der Waals surface area contributed by atoms with E-state index in [4.69, 9.17) is 9.47 Å². The fraction of sp³-hybridized carbons (Fsp3) is 0.391. The molecule has 33 heavy (non-hydrogen) atoms. The highest BCUT2D eigenvalue weighted by Crippen LogP contribution is 2.37. The summed E-state index contributed by atoms with van der Waals surface area (Å²) in [6.07, 6.45) is 0.918. The minimum absolute atomic E-state index is 0.198. The lowest BCUT2D eigenvalue weighted by Gasteiger charge is -2.29. The van der Waals surface area contributed by atoms with E-state index in [1.54, 1.807) is 24.3 Å². The summed E-state index contributed by atoms with van der Waals surface area (Å²) in [4.78, 5) is 18.4. The number of sulfonamides is 1. The molecule has 8 nitrogen and oxygen atoms in total. The Bertz CT molecular complexity index is 1380. The number of hydrogen-bond acceptors (Lipinski definition) is 6. The van der Waals surface area contributed by atoms with Crippen LogP contribution in [-0.2, 0) is 21.4 Å². The van der Waals surface area contributed by atoms with Gasteiger partial charge in [0.1, 0.15) is 0 Å². The average Bonchev–Trinajstić information content (AvgIpc) is 3.40. The first kappa shape index (κ1) is 22.1. The molecule has 174 valence electrons. The van der Waals surface area contributed by atoms with Crippen LogP contribution in [0.3, 0.4) is 0 Å². The molecule has 1 saturated heterocycles. The Morgan fingerprint density at radius 2 is 1.79 bits per heavy atom. The molecule has 3 heterocycles. The number of ether oxygens (including phenoxy) is 2. The number of piperidine rings is 1. The lowest BCUT2D eigenvalue weighted by atomic mass is 9.98. The zero-order valence-corrected chi connectivity index (χ0v) is 20.1. The van der Waals surface area contributed by atoms with E-state index < -0.39 is 10.0 Å². The topological polar surface area (TPSA) is 90.2 Å². The van der Waals surface area contributed by atoms with Gasteiger partial charge in [-0.1, -0.05) is 29.0 Å². The first-order chi connectivity index (χ1) is 15.9. The first-order valence-corrected chi connectivity index (χ1v) is 13.2. The number of hydrogen-bond donors (Lipinski definition) is 0. The molecule has 0 unspecified atom stereocenters. The number of thiazole rings is 1. The Morgan fingerprint density at radius 3 is 2.45 bits per heavy atom. The summed E-state index contributed by atoms with van der Waals surface area (Å²) in [6.45, 7) is 5.43. The summed E-state index contributed by atoms with van der Waals surface area (Å²) >= 11 is 1.44. The molecule has 5 rings (SSSR count). The normalized spacial score (nSPS) is 17.7. The minimum atomic E-state index is -3.55. The first-order valence-electron chi connectivity index (χ1n) is 10.9. The van der Waals surface area contributed by atoms with E-state index in [0.29, 0.717) is 48.8 Å². The van der Waals surface area contributed by atoms with Gasteiger partial charge in [0, 0.05) is 37.7 Å². The predicted molar refractivity (Wildman–Crippen MR) is 125 cm³/mol. The van der Waals surface area contributed by atoms with Gasteiger partial charge in [-0.15, -0.1) is 0 Å². The maximum Gasteiger partial charge on any atom is 0.251 e. The maximum atomic E-state index is 13.0. The van der Waals surface area contributed by atoms with Gasteiger partial charge in [-0.2, -0.15) is 9.30 Å². The zero-order valence-electron chi connectivity index (χ0n) is 18.5. The standard InChI is InChI=1S/C23H25N3O5S2/c1-3-26-18-12-19-20(31-14-30-19)13-21(18)32-23(26)24-22(27)16-8-10-25(11-9-16)33(28,29)17-6-4-15(2)5-7-17/h4-7,12-13,16H,3,8-11,14H2,1-2H3. The average molecular weight is 488 g/mol. The number of benzene rings is 2. The van der Waals surface area contributed by atoms with Gasteiger partial charge in [0.25, 0.3) is 5.91 Å². The summed E-state index contributed by atoms with van der Waals surface area (Å²) < 4.78 is 41.2. The number of aromatic nitrogens is 1. The van der Waals surface area contributed by atoms with Crippen molar-refractivity contribution in [3.8, 4) is 11.5 Å². The number of nitrogens with zero attached hydrogens (tertiary/aromatic N) is 3. The third-order valence-electron chi connectivity index (χ3n) is 6.16. The highest BCUT2D eigenvalue weighted by Gasteiger charge is 2.32. The number of aryl methyl sites for hydroxylation is 2. The van der Waals surface area contributed by atoms with E-state index in [1.165, 1.54) is 15.6 Å². The fourth-order valence-corrected chi connectivity index (χ4v) is 6.82. The van der Waals surface area contributed by atoms with E-state index in [-0.39, 0.29) is 23.5 Å². The molecule has 1 fully saturated rings. The third-order valence-corrected chi connectivity index (χ3v) is 9.12. The summed E-state index contributed by atoms with van der Waals surface area (Å²) in [5.41, 5.74) is 1.97. The SMILES string of the molecule is CCn1c(=NC(=O)C2CCN(S(=O)(=O)c3ccc(C)cc3)CC2)sc2cc3c(cc21)OCO3. The lowest BCUT2D eigenvalue weighted by molar-refractivity contribution is -0.122. The van der Waals surface area contributed by atoms with Crippen LogP contribution in [0.2, 0.25) is 0 Å². The molecule has 0 spiro atoms. The van der Waals surface area contributed by atoms with Crippen molar-refractivity contribution in [3.05, 3.63) is 46.8 Å². The van der Waals surface area contributed by atoms with E-state index in [1.807, 2.05) is 30.5 Å². The molecule has 0 bridgehead atoms. The molecule has 0 aliphatic carbocycles. The van der Waals surface area contributed by atoms with E-state index in [2.05, 4.69) is 4.99 Å². The highest BCUT2D eigenvalue weighted by atomic mass is 32.2. The highest BCUT2D eigenvalue weighted by molar-refractivity contribution is 7.89. The van der Waals surface area contributed by atoms with Crippen molar-refractivity contribution >= 4 is 37.5 Å². The third kappa shape index (κ3) is 4.07. The summed E-state index contributed by atoms with van der Waals surface area (Å²) in [6, 6.07) is 10.7. The van der Waals surface area contributed by atoms with Gasteiger partial charge < -0.3 is 14.0 Å². The molecule has 0 N–H and O–H groups in total. The minimum Gasteiger partial charge on any atom is -0.454 e. The van der Waals surface area contributed by atoms with Gasteiger partial charge in [0.2, 0.25) is 16.8 Å². The van der Waals surface area contributed by atoms with Gasteiger partial charge >= 0.3 is 0 Å². The van der Waals surface area contributed by atoms with Gasteiger partial charge in [0.15, 0.2) is 16.3 Å². The molecule has 1 amide bonds. The lowest BCUT2D eigenvalue weighted by Crippen LogP contribution is -2.40. The summed E-state index contributed by atoms with van der Waals surface area (Å²) in [7, 11) is -3.55. The van der Waals surface area contributed by atoms with Gasteiger partial charge in [-0.05, 0) is 38.8 Å². The number of fused-ring (bicyclic) bond motifs is 2. The van der Waals surface area contributed by atoms with Crippen molar-refractivity contribution in [1.82, 2.24) is 8.87 Å². The van der Waals surface area contributed by atoms with Crippen LogP contribution < -0.4 is 14.3 Å². The second-order valence-electron chi connectivity index (χ2n) is 8.24. The van der Waals surface area contributed by atoms with Gasteiger partial charge in [-0.3, -0.25) is 4.79 Å². The summed E-state index contributed by atoms with van der Waals surface area (Å²) in [5.74, 6) is 0.910. The predicted octanol–water partition coefficient (Wildman–Crippen LogP) is 3.29. The smallest absolute Gasteiger partial charge is 0.251 e. The monoisotopic (exact) mass is 487 g/mol. The van der Waals surface area contributed by atoms with Gasteiger partial charge in [0.05, 0.1) is 15.1 Å². The largest absolute Gasteiger partial charge is 0.454 e. The quantitative estimate of drug-likeness (QED) is 0.563. The Kier molecular flexibility index (Phi) is 5.75. The molecule has 2 aromatic carbocycles. The molecule has 3 aromatic rings. The van der Waals surface area contributed by atoms with Crippen molar-refractivity contribution in [1.29, 1.82) is 0 Å². The molecule has 0 atom stereocenters. The molecule has 2 aliphatic rings. The van der Waals surface area contributed by atoms with Crippen LogP contribution in [0.4, 0.5) is 0 Å². The van der Waals surface area contributed by atoms with Crippen LogP contribution in [0.1, 0.15) is 25.3 Å². The Labute approximate surface area is 196 Å². The number of amides is 1. The molecular formula is C23H25N3O5S2. The van der Waals surface area contributed by atoms with Crippen molar-refractivity contribution in [3.63, 3.8) is 0 Å². The zero-order chi connectivity index (χ0) is 23.2. The molecule has 0 saturated carbocycles. The van der Waals surface area contributed by atoms with E-state index in [9.17, 15) is 13.2 Å². The number of carbonyl (C=O) groups excluding carboxylic acids is 1. The van der Waals surface area contributed by atoms with Crippen LogP contribution in [0, 0.1) is 12.8 Å². The maximum absolute atomic E-state index is 13.0. The Morgan fingerprint density at radius 1 is 1.12 bits per heavy atom. The summed E-state index contributed by atoms with van der Waals surface area (Å²) in [5, 5.41) is 0. The van der Waals surface area contributed by atoms with Gasteiger partial charge in [-0.25, -0.2) is 8.42 Å². The van der Waals surface area contributed by atoms with Crippen LogP contribution in [-0.4, -0.2) is 43.1 Å². The molecular weight excluding hydrogens is 462 g/mol. The van der Waals surface area contributed by atoms with Crippen LogP contribution in [0.5, 0.6) is 11.5 Å². The van der Waals surface area contributed by atoms with Crippen molar-refractivity contribution < 1.29 is 22.7 Å². The van der Waals surface area contributed by atoms with E-state index >= 15 is 0 Å². The molecule has 1 aromatic heterocycles. The second kappa shape index (κ2) is 8.58. The van der Waals surface area contributed by atoms with Crippen LogP contribution >= 0.6 is 11.3 Å². The van der Waals surface area contributed by atoms with E-state index in [0.717, 1.165) is 15.8 Å².